The molecule has 3 N–H and O–H groups in total. The molecule has 0 saturated heterocycles. The van der Waals surface area contributed by atoms with Crippen LogP contribution in [0, 0.1) is 0 Å². The molecule has 0 aliphatic carbocycles. The fraction of sp³-hybridized carbons (Fsp3) is 0.850. The lowest BCUT2D eigenvalue weighted by atomic mass is 10.0. The predicted molar refractivity (Wildman–Crippen MR) is 102 cm³/mol. The first-order valence-electron chi connectivity index (χ1n) is 10.2. The molecule has 0 bridgehead atoms. The Morgan fingerprint density at radius 3 is 1.44 bits per heavy atom. The molecule has 0 heterocycles. The zero-order valence-electron chi connectivity index (χ0n) is 16.1. The van der Waals surface area contributed by atoms with E-state index in [0.717, 1.165) is 19.3 Å². The van der Waals surface area contributed by atoms with E-state index in [1.54, 1.807) is 0 Å². The predicted octanol–water partition coefficient (Wildman–Crippen LogP) is 4.38. The number of carbonyl (C=O) groups is 3. The van der Waals surface area contributed by atoms with E-state index >= 15 is 0 Å². The van der Waals surface area contributed by atoms with E-state index in [0.29, 0.717) is 6.42 Å². The monoisotopic (exact) mass is 354 g/mol. The van der Waals surface area contributed by atoms with Crippen molar-refractivity contribution < 1.29 is 14.4 Å². The minimum absolute atomic E-state index is 0.0142. The van der Waals surface area contributed by atoms with Crippen LogP contribution in [0.4, 0.5) is 0 Å². The quantitative estimate of drug-likeness (QED) is 0.380. The molecule has 0 aromatic heterocycles. The highest BCUT2D eigenvalue weighted by atomic mass is 16.2. The van der Waals surface area contributed by atoms with E-state index < -0.39 is 11.8 Å². The van der Waals surface area contributed by atoms with Gasteiger partial charge in [-0.05, 0) is 6.42 Å². The Hall–Kier alpha value is -1.39. The number of hydrogen-bond donors (Lipinski definition) is 2. The molecule has 3 amide bonds. The third-order valence-electron chi connectivity index (χ3n) is 4.38. The number of amides is 3. The smallest absolute Gasteiger partial charge is 0.227 e. The van der Waals surface area contributed by atoms with Gasteiger partial charge in [-0.2, -0.15) is 0 Å². The lowest BCUT2D eigenvalue weighted by Gasteiger charge is -2.04. The topological polar surface area (TPSA) is 89.3 Å². The summed E-state index contributed by atoms with van der Waals surface area (Å²) in [6.07, 6.45) is 16.7. The van der Waals surface area contributed by atoms with Crippen LogP contribution >= 0.6 is 0 Å². The minimum Gasteiger partial charge on any atom is -0.370 e. The number of hydrogen-bond acceptors (Lipinski definition) is 3. The van der Waals surface area contributed by atoms with Gasteiger partial charge in [0.25, 0.3) is 0 Å². The average molecular weight is 355 g/mol. The van der Waals surface area contributed by atoms with Crippen molar-refractivity contribution in [2.45, 2.75) is 110 Å². The number of unbranched alkanes of at least 4 members (excludes halogenated alkanes) is 12. The van der Waals surface area contributed by atoms with Gasteiger partial charge in [0.1, 0.15) is 0 Å². The fourth-order valence-corrected chi connectivity index (χ4v) is 2.82. The summed E-state index contributed by atoms with van der Waals surface area (Å²) in [7, 11) is 0. The first-order valence-corrected chi connectivity index (χ1v) is 10.2. The van der Waals surface area contributed by atoms with Gasteiger partial charge in [0.2, 0.25) is 17.7 Å². The van der Waals surface area contributed by atoms with Gasteiger partial charge in [-0.3, -0.25) is 19.7 Å². The Balaban J connectivity index is 3.28. The van der Waals surface area contributed by atoms with Crippen LogP contribution in [-0.2, 0) is 14.4 Å². The number of nitrogens with one attached hydrogen (secondary N) is 1. The molecule has 5 heteroatoms. The van der Waals surface area contributed by atoms with Gasteiger partial charge in [0.05, 0.1) is 0 Å². The fourth-order valence-electron chi connectivity index (χ4n) is 2.82. The zero-order chi connectivity index (χ0) is 18.8. The molecule has 0 aromatic rings. The maximum absolute atomic E-state index is 11.6. The minimum atomic E-state index is -0.529. The molecule has 0 spiro atoms. The summed E-state index contributed by atoms with van der Waals surface area (Å²) >= 11 is 0. The van der Waals surface area contributed by atoms with Crippen LogP contribution in [0.2, 0.25) is 0 Å². The first kappa shape index (κ1) is 23.6. The Kier molecular flexibility index (Phi) is 16.5. The van der Waals surface area contributed by atoms with Crippen molar-refractivity contribution in [3.8, 4) is 0 Å². The van der Waals surface area contributed by atoms with Crippen LogP contribution in [0.15, 0.2) is 0 Å². The molecule has 0 rings (SSSR count). The van der Waals surface area contributed by atoms with Crippen molar-refractivity contribution in [3.63, 3.8) is 0 Å². The summed E-state index contributed by atoms with van der Waals surface area (Å²) in [4.78, 5) is 33.5. The molecular weight excluding hydrogens is 316 g/mol. The van der Waals surface area contributed by atoms with E-state index in [1.165, 1.54) is 64.2 Å². The van der Waals surface area contributed by atoms with Crippen molar-refractivity contribution >= 4 is 17.7 Å². The van der Waals surface area contributed by atoms with E-state index in [9.17, 15) is 14.4 Å². The van der Waals surface area contributed by atoms with Crippen molar-refractivity contribution in [2.75, 3.05) is 0 Å². The highest BCUT2D eigenvalue weighted by Gasteiger charge is 2.08. The second-order valence-corrected chi connectivity index (χ2v) is 6.93. The highest BCUT2D eigenvalue weighted by molar-refractivity contribution is 5.96. The molecule has 0 fully saturated rings. The van der Waals surface area contributed by atoms with Gasteiger partial charge in [-0.25, -0.2) is 0 Å². The SMILES string of the molecule is CCCCCCCCCCCCCCCC(=O)NC(=O)CCC(N)=O. The van der Waals surface area contributed by atoms with Gasteiger partial charge in [-0.1, -0.05) is 84.0 Å². The number of primary amides is 1. The molecule has 0 atom stereocenters. The molecule has 0 aromatic carbocycles. The van der Waals surface area contributed by atoms with Crippen LogP contribution in [0.3, 0.4) is 0 Å². The number of rotatable bonds is 17. The standard InChI is InChI=1S/C20H38N2O3/c1-2-3-4-5-6-7-8-9-10-11-12-13-14-15-19(24)22-20(25)17-16-18(21)23/h2-17H2,1H3,(H2,21,23)(H,22,24,25). The van der Waals surface area contributed by atoms with Crippen LogP contribution in [0.25, 0.3) is 0 Å². The Labute approximate surface area is 153 Å². The van der Waals surface area contributed by atoms with Crippen molar-refractivity contribution in [2.24, 2.45) is 5.73 Å². The summed E-state index contributed by atoms with van der Waals surface area (Å²) in [5.74, 6) is -1.20. The molecule has 0 saturated carbocycles. The second kappa shape index (κ2) is 17.4. The third-order valence-corrected chi connectivity index (χ3v) is 4.38. The number of imide groups is 1. The van der Waals surface area contributed by atoms with Gasteiger partial charge in [-0.15, -0.1) is 0 Å². The highest BCUT2D eigenvalue weighted by Crippen LogP contribution is 2.12. The van der Waals surface area contributed by atoms with Gasteiger partial charge in [0.15, 0.2) is 0 Å². The Morgan fingerprint density at radius 1 is 0.600 bits per heavy atom. The second-order valence-electron chi connectivity index (χ2n) is 6.93. The molecule has 25 heavy (non-hydrogen) atoms. The van der Waals surface area contributed by atoms with E-state index in [4.69, 9.17) is 5.73 Å². The maximum Gasteiger partial charge on any atom is 0.227 e. The van der Waals surface area contributed by atoms with Crippen LogP contribution < -0.4 is 11.1 Å². The zero-order valence-corrected chi connectivity index (χ0v) is 16.1. The van der Waals surface area contributed by atoms with Crippen molar-refractivity contribution in [1.82, 2.24) is 5.32 Å². The van der Waals surface area contributed by atoms with Crippen molar-refractivity contribution in [3.05, 3.63) is 0 Å². The summed E-state index contributed by atoms with van der Waals surface area (Å²) in [6.45, 7) is 2.25. The summed E-state index contributed by atoms with van der Waals surface area (Å²) in [5.41, 5.74) is 4.96. The normalized spacial score (nSPS) is 10.6. The molecule has 0 aliphatic heterocycles. The first-order chi connectivity index (χ1) is 12.1. The molecule has 0 aliphatic rings. The van der Waals surface area contributed by atoms with E-state index in [2.05, 4.69) is 12.2 Å². The third kappa shape index (κ3) is 18.8. The van der Waals surface area contributed by atoms with E-state index in [1.807, 2.05) is 0 Å². The Morgan fingerprint density at radius 2 is 1.00 bits per heavy atom. The number of nitrogens with two attached hydrogens (primary N) is 1. The van der Waals surface area contributed by atoms with Gasteiger partial charge in [0, 0.05) is 19.3 Å². The summed E-state index contributed by atoms with van der Waals surface area (Å²) in [5, 5.41) is 2.29. The van der Waals surface area contributed by atoms with E-state index in [-0.39, 0.29) is 18.7 Å². The van der Waals surface area contributed by atoms with Gasteiger partial charge < -0.3 is 5.73 Å². The van der Waals surface area contributed by atoms with Crippen LogP contribution in [0.5, 0.6) is 0 Å². The molecule has 5 nitrogen and oxygen atoms in total. The van der Waals surface area contributed by atoms with Crippen molar-refractivity contribution in [1.29, 1.82) is 0 Å². The molecule has 0 unspecified atom stereocenters. The molecular formula is C20H38N2O3. The lowest BCUT2D eigenvalue weighted by molar-refractivity contribution is -0.131. The summed E-state index contributed by atoms with van der Waals surface area (Å²) in [6, 6.07) is 0. The number of carbonyl (C=O) groups excluding carboxylic acids is 3. The maximum atomic E-state index is 11.6. The molecule has 146 valence electrons. The largest absolute Gasteiger partial charge is 0.370 e. The Bertz CT molecular complexity index is 370. The van der Waals surface area contributed by atoms with Crippen LogP contribution in [0.1, 0.15) is 110 Å². The lowest BCUT2D eigenvalue weighted by Crippen LogP contribution is -2.30. The van der Waals surface area contributed by atoms with Gasteiger partial charge >= 0.3 is 0 Å². The average Bonchev–Trinajstić information content (AvgIpc) is 2.57. The molecule has 0 radical (unpaired) electrons. The van der Waals surface area contributed by atoms with Crippen LogP contribution in [-0.4, -0.2) is 17.7 Å². The summed E-state index contributed by atoms with van der Waals surface area (Å²) < 4.78 is 0.